The molecule has 0 saturated carbocycles. The molecule has 0 aliphatic rings. The first kappa shape index (κ1) is 14.0. The van der Waals surface area contributed by atoms with Crippen LogP contribution in [-0.2, 0) is 0 Å². The summed E-state index contributed by atoms with van der Waals surface area (Å²) in [7, 11) is 0. The van der Waals surface area contributed by atoms with Gasteiger partial charge in [0.2, 0.25) is 0 Å². The van der Waals surface area contributed by atoms with Crippen LogP contribution in [0.25, 0.3) is 0 Å². The van der Waals surface area contributed by atoms with Crippen molar-refractivity contribution in [2.45, 2.75) is 72.3 Å². The van der Waals surface area contributed by atoms with Crippen LogP contribution in [0.1, 0.15) is 66.2 Å². The zero-order valence-electron chi connectivity index (χ0n) is 10.6. The Morgan fingerprint density at radius 1 is 1.00 bits per heavy atom. The summed E-state index contributed by atoms with van der Waals surface area (Å²) in [5.41, 5.74) is 0. The van der Waals surface area contributed by atoms with Gasteiger partial charge in [-0.15, -0.1) is 0 Å². The van der Waals surface area contributed by atoms with E-state index in [4.69, 9.17) is 0 Å². The van der Waals surface area contributed by atoms with E-state index < -0.39 is 0 Å². The Balaban J connectivity index is 3.13. The molecular formula is C13H29N. The second-order valence-electron chi connectivity index (χ2n) is 4.65. The van der Waals surface area contributed by atoms with Crippen LogP contribution in [-0.4, -0.2) is 12.6 Å². The molecule has 0 aromatic carbocycles. The van der Waals surface area contributed by atoms with Crippen molar-refractivity contribution in [2.24, 2.45) is 5.92 Å². The van der Waals surface area contributed by atoms with E-state index in [0.29, 0.717) is 6.04 Å². The molecule has 0 saturated heterocycles. The average molecular weight is 199 g/mol. The standard InChI is InChI=1S/C13H29N/c1-5-9-13(4)14-11-8-7-10-12(3)6-2/h12-14H,5-11H2,1-4H3. The molecule has 0 aliphatic carbocycles. The second-order valence-corrected chi connectivity index (χ2v) is 4.65. The van der Waals surface area contributed by atoms with E-state index in [1.807, 2.05) is 0 Å². The molecule has 86 valence electrons. The van der Waals surface area contributed by atoms with Crippen LogP contribution in [0.5, 0.6) is 0 Å². The van der Waals surface area contributed by atoms with Crippen molar-refractivity contribution in [3.8, 4) is 0 Å². The van der Waals surface area contributed by atoms with Crippen molar-refractivity contribution in [3.05, 3.63) is 0 Å². The summed E-state index contributed by atoms with van der Waals surface area (Å²) in [6.45, 7) is 10.4. The molecular weight excluding hydrogens is 170 g/mol. The summed E-state index contributed by atoms with van der Waals surface area (Å²) < 4.78 is 0. The molecule has 0 heterocycles. The minimum absolute atomic E-state index is 0.712. The van der Waals surface area contributed by atoms with E-state index in [-0.39, 0.29) is 0 Å². The number of nitrogens with one attached hydrogen (secondary N) is 1. The Kier molecular flexibility index (Phi) is 9.49. The Labute approximate surface area is 90.7 Å². The molecule has 0 amide bonds. The van der Waals surface area contributed by atoms with Gasteiger partial charge in [-0.25, -0.2) is 0 Å². The quantitative estimate of drug-likeness (QED) is 0.554. The topological polar surface area (TPSA) is 12.0 Å². The molecule has 1 nitrogen and oxygen atoms in total. The van der Waals surface area contributed by atoms with Crippen molar-refractivity contribution >= 4 is 0 Å². The van der Waals surface area contributed by atoms with E-state index in [9.17, 15) is 0 Å². The minimum Gasteiger partial charge on any atom is -0.314 e. The third kappa shape index (κ3) is 8.55. The highest BCUT2D eigenvalue weighted by Crippen LogP contribution is 2.10. The lowest BCUT2D eigenvalue weighted by Crippen LogP contribution is -2.26. The molecule has 1 N–H and O–H groups in total. The van der Waals surface area contributed by atoms with E-state index in [2.05, 4.69) is 33.0 Å². The second kappa shape index (κ2) is 9.51. The van der Waals surface area contributed by atoms with Crippen LogP contribution in [0, 0.1) is 5.92 Å². The smallest absolute Gasteiger partial charge is 0.00386 e. The number of unbranched alkanes of at least 4 members (excludes halogenated alkanes) is 1. The summed E-state index contributed by atoms with van der Waals surface area (Å²) in [5, 5.41) is 3.58. The first-order chi connectivity index (χ1) is 6.70. The van der Waals surface area contributed by atoms with Gasteiger partial charge < -0.3 is 5.32 Å². The zero-order valence-corrected chi connectivity index (χ0v) is 10.6. The Morgan fingerprint density at radius 3 is 2.29 bits per heavy atom. The van der Waals surface area contributed by atoms with Crippen LogP contribution >= 0.6 is 0 Å². The van der Waals surface area contributed by atoms with Crippen molar-refractivity contribution < 1.29 is 0 Å². The molecule has 0 aliphatic heterocycles. The summed E-state index contributed by atoms with van der Waals surface area (Å²) in [6.07, 6.45) is 8.08. The Morgan fingerprint density at radius 2 is 1.71 bits per heavy atom. The van der Waals surface area contributed by atoms with E-state index in [0.717, 1.165) is 5.92 Å². The van der Waals surface area contributed by atoms with Crippen LogP contribution in [0.2, 0.25) is 0 Å². The minimum atomic E-state index is 0.712. The molecule has 14 heavy (non-hydrogen) atoms. The SMILES string of the molecule is CCCC(C)NCCCCC(C)CC. The number of hydrogen-bond donors (Lipinski definition) is 1. The predicted octanol–water partition coefficient (Wildman–Crippen LogP) is 3.98. The summed E-state index contributed by atoms with van der Waals surface area (Å²) in [6, 6.07) is 0.712. The molecule has 0 rings (SSSR count). The summed E-state index contributed by atoms with van der Waals surface area (Å²) >= 11 is 0. The average Bonchev–Trinajstić information content (AvgIpc) is 2.17. The lowest BCUT2D eigenvalue weighted by atomic mass is 10.0. The largest absolute Gasteiger partial charge is 0.314 e. The maximum atomic E-state index is 3.58. The Hall–Kier alpha value is -0.0400. The highest BCUT2D eigenvalue weighted by Gasteiger charge is 2.00. The van der Waals surface area contributed by atoms with Gasteiger partial charge in [0.1, 0.15) is 0 Å². The lowest BCUT2D eigenvalue weighted by molar-refractivity contribution is 0.453. The van der Waals surface area contributed by atoms with Crippen LogP contribution in [0.15, 0.2) is 0 Å². The zero-order chi connectivity index (χ0) is 10.8. The van der Waals surface area contributed by atoms with Crippen LogP contribution in [0.4, 0.5) is 0 Å². The van der Waals surface area contributed by atoms with Crippen molar-refractivity contribution in [3.63, 3.8) is 0 Å². The van der Waals surface area contributed by atoms with E-state index in [1.54, 1.807) is 0 Å². The van der Waals surface area contributed by atoms with Gasteiger partial charge >= 0.3 is 0 Å². The maximum Gasteiger partial charge on any atom is 0.00386 e. The molecule has 0 spiro atoms. The highest BCUT2D eigenvalue weighted by atomic mass is 14.9. The normalized spacial score (nSPS) is 15.4. The van der Waals surface area contributed by atoms with Gasteiger partial charge in [-0.3, -0.25) is 0 Å². The molecule has 0 fully saturated rings. The Bertz CT molecular complexity index is 112. The molecule has 2 unspecified atom stereocenters. The summed E-state index contributed by atoms with van der Waals surface area (Å²) in [5.74, 6) is 0.920. The molecule has 0 radical (unpaired) electrons. The third-order valence-corrected chi connectivity index (χ3v) is 3.04. The van der Waals surface area contributed by atoms with Gasteiger partial charge in [0.25, 0.3) is 0 Å². The third-order valence-electron chi connectivity index (χ3n) is 3.04. The van der Waals surface area contributed by atoms with Crippen molar-refractivity contribution in [1.29, 1.82) is 0 Å². The first-order valence-electron chi connectivity index (χ1n) is 6.44. The fraction of sp³-hybridized carbons (Fsp3) is 1.00. The number of hydrogen-bond acceptors (Lipinski definition) is 1. The van der Waals surface area contributed by atoms with Gasteiger partial charge in [-0.05, 0) is 32.2 Å². The lowest BCUT2D eigenvalue weighted by Gasteiger charge is -2.13. The predicted molar refractivity (Wildman–Crippen MR) is 65.7 cm³/mol. The van der Waals surface area contributed by atoms with E-state index in [1.165, 1.54) is 45.1 Å². The van der Waals surface area contributed by atoms with Gasteiger partial charge in [0, 0.05) is 6.04 Å². The fourth-order valence-electron chi connectivity index (χ4n) is 1.71. The maximum absolute atomic E-state index is 3.58. The molecule has 1 heteroatoms. The molecule has 2 atom stereocenters. The first-order valence-corrected chi connectivity index (χ1v) is 6.44. The van der Waals surface area contributed by atoms with Crippen molar-refractivity contribution in [1.82, 2.24) is 5.32 Å². The van der Waals surface area contributed by atoms with E-state index >= 15 is 0 Å². The van der Waals surface area contributed by atoms with Gasteiger partial charge in [-0.2, -0.15) is 0 Å². The fourth-order valence-corrected chi connectivity index (χ4v) is 1.71. The molecule has 0 aromatic rings. The molecule has 0 bridgehead atoms. The van der Waals surface area contributed by atoms with Crippen LogP contribution < -0.4 is 5.32 Å². The summed E-state index contributed by atoms with van der Waals surface area (Å²) in [4.78, 5) is 0. The van der Waals surface area contributed by atoms with Gasteiger partial charge in [0.05, 0.1) is 0 Å². The van der Waals surface area contributed by atoms with Crippen LogP contribution in [0.3, 0.4) is 0 Å². The number of rotatable bonds is 9. The molecule has 0 aromatic heterocycles. The van der Waals surface area contributed by atoms with Gasteiger partial charge in [-0.1, -0.05) is 46.5 Å². The highest BCUT2D eigenvalue weighted by molar-refractivity contribution is 4.59. The van der Waals surface area contributed by atoms with Crippen molar-refractivity contribution in [2.75, 3.05) is 6.54 Å². The van der Waals surface area contributed by atoms with Gasteiger partial charge in [0.15, 0.2) is 0 Å². The monoisotopic (exact) mass is 199 g/mol.